The molecule has 0 amide bonds. The Bertz CT molecular complexity index is 716. The van der Waals surface area contributed by atoms with Crippen LogP contribution in [0.4, 0.5) is 0 Å². The smallest absolute Gasteiger partial charge is 0.181 e. The standard InChI is InChI=1S/C16H21N7/c1-12(2)23-15(6-4-3-5-14-11-18-22-20-14)19-16(21-23)13-7-9-17-10-8-13/h7-12H,3-6H2,1-2H3,(H,18,20,22). The monoisotopic (exact) mass is 311 g/mol. The van der Waals surface area contributed by atoms with E-state index < -0.39 is 0 Å². The summed E-state index contributed by atoms with van der Waals surface area (Å²) in [6.07, 6.45) is 9.26. The molecule has 120 valence electrons. The summed E-state index contributed by atoms with van der Waals surface area (Å²) in [4.78, 5) is 8.77. The van der Waals surface area contributed by atoms with Gasteiger partial charge in [-0.05, 0) is 45.2 Å². The molecule has 0 aromatic carbocycles. The van der Waals surface area contributed by atoms with E-state index in [1.165, 1.54) is 0 Å². The first-order chi connectivity index (χ1) is 11.2. The minimum atomic E-state index is 0.295. The van der Waals surface area contributed by atoms with Gasteiger partial charge >= 0.3 is 0 Å². The lowest BCUT2D eigenvalue weighted by atomic mass is 10.1. The molecule has 0 radical (unpaired) electrons. The molecule has 0 spiro atoms. The van der Waals surface area contributed by atoms with E-state index >= 15 is 0 Å². The molecule has 3 rings (SSSR count). The Labute approximate surface area is 135 Å². The number of nitrogens with one attached hydrogen (secondary N) is 1. The predicted octanol–water partition coefficient (Wildman–Crippen LogP) is 2.60. The highest BCUT2D eigenvalue weighted by Gasteiger charge is 2.13. The molecule has 0 fully saturated rings. The van der Waals surface area contributed by atoms with Crippen LogP contribution in [0, 0.1) is 0 Å². The van der Waals surface area contributed by atoms with E-state index in [2.05, 4.69) is 39.3 Å². The quantitative estimate of drug-likeness (QED) is 0.678. The lowest BCUT2D eigenvalue weighted by Gasteiger charge is -2.08. The van der Waals surface area contributed by atoms with Gasteiger partial charge in [-0.15, -0.1) is 0 Å². The number of pyridine rings is 1. The molecule has 0 atom stereocenters. The third-order valence-corrected chi connectivity index (χ3v) is 3.68. The molecular weight excluding hydrogens is 290 g/mol. The maximum atomic E-state index is 4.73. The number of unbranched alkanes of at least 4 members (excludes halogenated alkanes) is 1. The SMILES string of the molecule is CC(C)n1nc(-c2ccncc2)nc1CCCCc1cn[nH]n1. The molecular formula is C16H21N7. The Balaban J connectivity index is 1.66. The average molecular weight is 311 g/mol. The van der Waals surface area contributed by atoms with Gasteiger partial charge in [0, 0.05) is 30.4 Å². The first-order valence-corrected chi connectivity index (χ1v) is 7.94. The highest BCUT2D eigenvalue weighted by molar-refractivity contribution is 5.53. The zero-order chi connectivity index (χ0) is 16.1. The van der Waals surface area contributed by atoms with Crippen molar-refractivity contribution in [2.75, 3.05) is 0 Å². The fraction of sp³-hybridized carbons (Fsp3) is 0.438. The van der Waals surface area contributed by atoms with Gasteiger partial charge in [0.05, 0.1) is 11.9 Å². The highest BCUT2D eigenvalue weighted by Crippen LogP contribution is 2.18. The van der Waals surface area contributed by atoms with Crippen LogP contribution < -0.4 is 0 Å². The number of nitrogens with zero attached hydrogens (tertiary/aromatic N) is 6. The van der Waals surface area contributed by atoms with Crippen molar-refractivity contribution in [3.05, 3.63) is 42.2 Å². The number of hydrogen-bond acceptors (Lipinski definition) is 5. The minimum Gasteiger partial charge on any atom is -0.265 e. The molecule has 23 heavy (non-hydrogen) atoms. The summed E-state index contributed by atoms with van der Waals surface area (Å²) in [5, 5.41) is 15.2. The van der Waals surface area contributed by atoms with Gasteiger partial charge in [0.1, 0.15) is 5.82 Å². The molecule has 3 heterocycles. The first-order valence-electron chi connectivity index (χ1n) is 7.94. The number of aromatic amines is 1. The van der Waals surface area contributed by atoms with Crippen molar-refractivity contribution in [2.24, 2.45) is 0 Å². The molecule has 0 bridgehead atoms. The van der Waals surface area contributed by atoms with Gasteiger partial charge < -0.3 is 0 Å². The summed E-state index contributed by atoms with van der Waals surface area (Å²) in [6, 6.07) is 4.17. The van der Waals surface area contributed by atoms with E-state index in [9.17, 15) is 0 Å². The Kier molecular flexibility index (Phi) is 4.75. The van der Waals surface area contributed by atoms with Gasteiger partial charge in [-0.1, -0.05) is 0 Å². The molecule has 0 aliphatic carbocycles. The molecule has 0 saturated carbocycles. The minimum absolute atomic E-state index is 0.295. The van der Waals surface area contributed by atoms with Gasteiger partial charge in [0.2, 0.25) is 0 Å². The predicted molar refractivity (Wildman–Crippen MR) is 86.7 cm³/mol. The van der Waals surface area contributed by atoms with Gasteiger partial charge in [-0.3, -0.25) is 4.98 Å². The van der Waals surface area contributed by atoms with E-state index in [0.29, 0.717) is 6.04 Å². The Morgan fingerprint density at radius 3 is 2.61 bits per heavy atom. The van der Waals surface area contributed by atoms with Crippen molar-refractivity contribution >= 4 is 0 Å². The van der Waals surface area contributed by atoms with Gasteiger partial charge in [-0.25, -0.2) is 9.67 Å². The highest BCUT2D eigenvalue weighted by atomic mass is 15.4. The number of hydrogen-bond donors (Lipinski definition) is 1. The summed E-state index contributed by atoms with van der Waals surface area (Å²) in [5.41, 5.74) is 2.01. The van der Waals surface area contributed by atoms with Gasteiger partial charge in [-0.2, -0.15) is 20.5 Å². The maximum absolute atomic E-state index is 4.73. The Morgan fingerprint density at radius 2 is 1.91 bits per heavy atom. The summed E-state index contributed by atoms with van der Waals surface area (Å²) in [6.45, 7) is 4.26. The van der Waals surface area contributed by atoms with Crippen LogP contribution >= 0.6 is 0 Å². The zero-order valence-corrected chi connectivity index (χ0v) is 13.5. The second-order valence-electron chi connectivity index (χ2n) is 5.79. The molecule has 1 N–H and O–H groups in total. The van der Waals surface area contributed by atoms with Crippen molar-refractivity contribution in [1.29, 1.82) is 0 Å². The fourth-order valence-corrected chi connectivity index (χ4v) is 2.50. The second-order valence-corrected chi connectivity index (χ2v) is 5.79. The molecule has 7 nitrogen and oxygen atoms in total. The molecule has 0 aliphatic heterocycles. The van der Waals surface area contributed by atoms with E-state index in [1.54, 1.807) is 18.6 Å². The summed E-state index contributed by atoms with van der Waals surface area (Å²) in [7, 11) is 0. The third-order valence-electron chi connectivity index (χ3n) is 3.68. The summed E-state index contributed by atoms with van der Waals surface area (Å²) >= 11 is 0. The number of rotatable bonds is 7. The lowest BCUT2D eigenvalue weighted by Crippen LogP contribution is -2.08. The van der Waals surface area contributed by atoms with Crippen molar-refractivity contribution in [3.63, 3.8) is 0 Å². The molecule has 3 aromatic rings. The van der Waals surface area contributed by atoms with Crippen molar-refractivity contribution in [1.82, 2.24) is 35.2 Å². The van der Waals surface area contributed by atoms with Crippen LogP contribution in [0.15, 0.2) is 30.7 Å². The lowest BCUT2D eigenvalue weighted by molar-refractivity contribution is 0.499. The van der Waals surface area contributed by atoms with Gasteiger partial charge in [0.25, 0.3) is 0 Å². The molecule has 0 unspecified atom stereocenters. The first kappa shape index (κ1) is 15.3. The van der Waals surface area contributed by atoms with Crippen LogP contribution in [-0.4, -0.2) is 35.2 Å². The summed E-state index contributed by atoms with van der Waals surface area (Å²) in [5.74, 6) is 1.81. The van der Waals surface area contributed by atoms with Crippen LogP contribution in [-0.2, 0) is 12.8 Å². The van der Waals surface area contributed by atoms with E-state index in [0.717, 1.165) is 48.6 Å². The van der Waals surface area contributed by atoms with Crippen molar-refractivity contribution in [3.8, 4) is 11.4 Å². The van der Waals surface area contributed by atoms with Crippen LogP contribution in [0.3, 0.4) is 0 Å². The maximum Gasteiger partial charge on any atom is 0.181 e. The Morgan fingerprint density at radius 1 is 1.13 bits per heavy atom. The molecule has 0 aliphatic rings. The van der Waals surface area contributed by atoms with E-state index in [1.807, 2.05) is 16.8 Å². The molecule has 0 saturated heterocycles. The zero-order valence-electron chi connectivity index (χ0n) is 13.5. The van der Waals surface area contributed by atoms with E-state index in [4.69, 9.17) is 4.98 Å². The van der Waals surface area contributed by atoms with Crippen LogP contribution in [0.25, 0.3) is 11.4 Å². The second kappa shape index (κ2) is 7.13. The summed E-state index contributed by atoms with van der Waals surface area (Å²) < 4.78 is 2.02. The van der Waals surface area contributed by atoms with Crippen LogP contribution in [0.5, 0.6) is 0 Å². The van der Waals surface area contributed by atoms with Crippen molar-refractivity contribution in [2.45, 2.75) is 45.6 Å². The fourth-order valence-electron chi connectivity index (χ4n) is 2.50. The van der Waals surface area contributed by atoms with Crippen LogP contribution in [0.2, 0.25) is 0 Å². The normalized spacial score (nSPS) is 11.3. The van der Waals surface area contributed by atoms with Gasteiger partial charge in [0.15, 0.2) is 5.82 Å². The third kappa shape index (κ3) is 3.80. The largest absolute Gasteiger partial charge is 0.265 e. The number of aryl methyl sites for hydroxylation is 2. The van der Waals surface area contributed by atoms with Crippen LogP contribution in [0.1, 0.15) is 44.2 Å². The average Bonchev–Trinajstić information content (AvgIpc) is 3.22. The number of H-pyrrole nitrogens is 1. The topological polar surface area (TPSA) is 85.2 Å². The Hall–Kier alpha value is -2.57. The van der Waals surface area contributed by atoms with Crippen molar-refractivity contribution < 1.29 is 0 Å². The number of aromatic nitrogens is 7. The van der Waals surface area contributed by atoms with E-state index in [-0.39, 0.29) is 0 Å². The molecule has 3 aromatic heterocycles. The molecule has 7 heteroatoms.